The Balaban J connectivity index is 1.09. The van der Waals surface area contributed by atoms with Gasteiger partial charge in [0.1, 0.15) is 0 Å². The van der Waals surface area contributed by atoms with Crippen molar-refractivity contribution in [3.8, 4) is 0 Å². The highest BCUT2D eigenvalue weighted by Gasteiger charge is 2.78. The van der Waals surface area contributed by atoms with Gasteiger partial charge in [-0.2, -0.15) is 0 Å². The highest BCUT2D eigenvalue weighted by Crippen LogP contribution is 2.59. The second kappa shape index (κ2) is 33.7. The van der Waals surface area contributed by atoms with Gasteiger partial charge < -0.3 is 32.9 Å². The zero-order chi connectivity index (χ0) is 69.3. The molecule has 0 unspecified atom stereocenters. The Morgan fingerprint density at radius 3 is 0.340 bits per heavy atom. The van der Waals surface area contributed by atoms with Crippen LogP contribution in [0.5, 0.6) is 0 Å². The summed E-state index contributed by atoms with van der Waals surface area (Å²) in [5.41, 5.74) is 20.2. The molecule has 6 heterocycles. The Morgan fingerprint density at radius 1 is 0.160 bits per heavy atom. The van der Waals surface area contributed by atoms with Gasteiger partial charge >= 0.3 is 68.5 Å². The number of halogens is 8. The Labute approximate surface area is 640 Å². The van der Waals surface area contributed by atoms with Gasteiger partial charge in [-0.15, -0.1) is 92.8 Å². The molecule has 6 aliphatic heterocycles. The van der Waals surface area contributed by atoms with Gasteiger partial charge in [0.05, 0.1) is 0 Å². The highest BCUT2D eigenvalue weighted by atomic mass is 35.5. The Bertz CT molecular complexity index is 3130. The van der Waals surface area contributed by atoms with Crippen LogP contribution in [0.15, 0.2) is 194 Å². The molecule has 100 heavy (non-hydrogen) atoms. The SMILES string of the molecule is ClCc1ccc(CC[Si]23C[Si]4(CCc5ccc(CCl)cc5)O[Si]5(CCc6ccc(CCl)cc6)C[Si]6(CCc7ccc(CCl)cc7)O[Si](CCc7ccc(CCl)cc7)(C[Si](CCc7ccc(CCl)cc7)(O2)O5)O[Si](CCc2ccc(CCl)cc2)(C[Si](CCc2ccc(CCl)cc2)(O4)O6)O3)cc1. The normalized spacial score (nSPS) is 26.8. The van der Waals surface area contributed by atoms with Crippen LogP contribution < -0.4 is 0 Å². The van der Waals surface area contributed by atoms with E-state index in [1.54, 1.807) is 0 Å². The van der Waals surface area contributed by atoms with Gasteiger partial charge in [-0.25, -0.2) is 0 Å². The van der Waals surface area contributed by atoms with Gasteiger partial charge in [-0.05, 0) is 189 Å². The van der Waals surface area contributed by atoms with Crippen molar-refractivity contribution in [1.82, 2.24) is 0 Å². The largest absolute Gasteiger partial charge is 0.415 e. The van der Waals surface area contributed by atoms with Gasteiger partial charge in [-0.1, -0.05) is 194 Å². The average molecular weight is 1640 g/mol. The first-order chi connectivity index (χ1) is 48.6. The molecule has 0 atom stereocenters. The van der Waals surface area contributed by atoms with E-state index in [4.69, 9.17) is 126 Å². The molecule has 0 saturated carbocycles. The van der Waals surface area contributed by atoms with Crippen molar-refractivity contribution < 1.29 is 32.9 Å². The summed E-state index contributed by atoms with van der Waals surface area (Å²) in [7, 11) is -30.3. The summed E-state index contributed by atoms with van der Waals surface area (Å²) < 4.78 is 72.5. The van der Waals surface area contributed by atoms with Gasteiger partial charge in [-0.3, -0.25) is 0 Å². The van der Waals surface area contributed by atoms with Crippen molar-refractivity contribution in [3.05, 3.63) is 283 Å². The van der Waals surface area contributed by atoms with Crippen LogP contribution in [0.25, 0.3) is 0 Å². The van der Waals surface area contributed by atoms with Crippen LogP contribution in [-0.2, 0) is 131 Å². The summed E-state index contributed by atoms with van der Waals surface area (Å²) in [5, 5.41) is 0. The van der Waals surface area contributed by atoms with E-state index in [0.29, 0.717) is 169 Å². The van der Waals surface area contributed by atoms with Crippen molar-refractivity contribution in [1.29, 1.82) is 0 Å². The van der Waals surface area contributed by atoms with Crippen molar-refractivity contribution in [2.45, 2.75) is 169 Å². The van der Waals surface area contributed by atoms with E-state index >= 15 is 0 Å². The van der Waals surface area contributed by atoms with Crippen LogP contribution in [0.4, 0.5) is 0 Å². The number of aryl methyl sites for hydroxylation is 8. The second-order valence-corrected chi connectivity index (χ2v) is 61.3. The van der Waals surface area contributed by atoms with E-state index in [1.807, 2.05) is 0 Å². The fourth-order valence-corrected chi connectivity index (χ4v) is 88.8. The maximum absolute atomic E-state index is 9.08. The van der Waals surface area contributed by atoms with Gasteiger partial charge in [0.15, 0.2) is 0 Å². The van der Waals surface area contributed by atoms with Crippen LogP contribution >= 0.6 is 92.8 Å². The van der Waals surface area contributed by atoms with Crippen LogP contribution in [0.2, 0.25) is 71.0 Å². The number of benzene rings is 8. The molecule has 0 N–H and O–H groups in total. The fraction of sp³-hybridized carbons (Fsp3) is 0.368. The molecule has 0 spiro atoms. The molecule has 528 valence electrons. The smallest absolute Gasteiger partial charge is 0.322 e. The molecule has 0 radical (unpaired) electrons. The van der Waals surface area contributed by atoms with Crippen LogP contribution in [0.3, 0.4) is 0 Å². The minimum absolute atomic E-state index is 0.428. The highest BCUT2D eigenvalue weighted by molar-refractivity contribution is 7.13. The summed E-state index contributed by atoms with van der Waals surface area (Å²) in [6.45, 7) is 0. The predicted molar refractivity (Wildman–Crippen MR) is 430 cm³/mol. The van der Waals surface area contributed by atoms with Gasteiger partial charge in [0.25, 0.3) is 0 Å². The molecule has 0 aliphatic carbocycles. The molecule has 24 heteroatoms. The molecule has 0 amide bonds. The number of rotatable bonds is 32. The maximum Gasteiger partial charge on any atom is 0.322 e. The standard InChI is InChI=1S/C76H88Cl8O8Si8/c77-49-69-17-1-61(2-18-69)33-41-93-57-94(42-34-62-3-19-70(50-78)20-4-62)86-97(45-37-65-9-25-73(53-81)26-10-65)58-95(85-93,43-35-63-5-21-71(51-79)22-6-63)91-98(46-38-66-11-27-74(54-82)28-12-66)59-96(89-93,44-36-64-7-23-72(52-80)24-8-64)87-99(90-94,47-39-67-13-29-75(55-83)30-14-67)60-100(88-98,92-97)48-40-68-15-31-76(56-84)32-16-68/h1-32H,33-60H2. The molecule has 8 bridgehead atoms. The molecular weight excluding hydrogens is 1550 g/mol. The summed E-state index contributed by atoms with van der Waals surface area (Å²) in [6.07, 6.45) is 5.60. The maximum atomic E-state index is 9.08. The van der Waals surface area contributed by atoms with E-state index in [1.165, 1.54) is 44.5 Å². The number of hydrogen-bond donors (Lipinski definition) is 0. The van der Waals surface area contributed by atoms with Gasteiger partial charge in [0, 0.05) is 69.7 Å². The molecule has 8 aromatic rings. The topological polar surface area (TPSA) is 73.8 Å². The van der Waals surface area contributed by atoms with E-state index in [9.17, 15) is 0 Å². The van der Waals surface area contributed by atoms with Crippen molar-refractivity contribution >= 4 is 161 Å². The Hall–Kier alpha value is -2.50. The average Bonchev–Trinajstić information content (AvgIpc) is 0.686. The monoisotopic (exact) mass is 1630 g/mol. The third kappa shape index (κ3) is 18.7. The number of hydrogen-bond acceptors (Lipinski definition) is 8. The predicted octanol–water partition coefficient (Wildman–Crippen LogP) is 21.7. The first-order valence-electron chi connectivity index (χ1n) is 35.3. The zero-order valence-corrected chi connectivity index (χ0v) is 70.6. The Morgan fingerprint density at radius 2 is 0.250 bits per heavy atom. The van der Waals surface area contributed by atoms with Crippen molar-refractivity contribution in [3.63, 3.8) is 0 Å². The molecule has 14 rings (SSSR count). The first-order valence-corrected chi connectivity index (χ1v) is 57.4. The van der Waals surface area contributed by atoms with E-state index in [0.717, 1.165) is 44.5 Å². The lowest BCUT2D eigenvalue weighted by Gasteiger charge is -2.66. The number of alkyl halides is 8. The Kier molecular flexibility index (Phi) is 25.5. The van der Waals surface area contributed by atoms with Crippen LogP contribution in [-0.4, -0.2) is 68.5 Å². The minimum atomic E-state index is -3.78. The molecule has 0 aromatic heterocycles. The lowest BCUT2D eigenvalue weighted by Crippen LogP contribution is -2.85. The zero-order valence-electron chi connectivity index (χ0n) is 56.6. The summed E-state index contributed by atoms with van der Waals surface area (Å²) in [5.74, 6) is 3.43. The van der Waals surface area contributed by atoms with Crippen molar-refractivity contribution in [2.24, 2.45) is 0 Å². The summed E-state index contributed by atoms with van der Waals surface area (Å²) >= 11 is 52.2. The molecular formula is C76H88Cl8O8Si8. The fourth-order valence-electron chi connectivity index (χ4n) is 15.7. The molecule has 8 aromatic carbocycles. The molecule has 8 nitrogen and oxygen atoms in total. The van der Waals surface area contributed by atoms with E-state index < -0.39 is 68.5 Å². The van der Waals surface area contributed by atoms with E-state index in [2.05, 4.69) is 194 Å². The lowest BCUT2D eigenvalue weighted by molar-refractivity contribution is 0.163. The lowest BCUT2D eigenvalue weighted by atomic mass is 10.1. The van der Waals surface area contributed by atoms with Crippen LogP contribution in [0.1, 0.15) is 89.0 Å². The third-order valence-corrected chi connectivity index (χ3v) is 72.5. The quantitative estimate of drug-likeness (QED) is 0.0305. The molecule has 6 fully saturated rings. The third-order valence-electron chi connectivity index (χ3n) is 20.9. The minimum Gasteiger partial charge on any atom is -0.415 e. The first kappa shape index (κ1) is 75.7. The summed E-state index contributed by atoms with van der Waals surface area (Å²) in [4.78, 5) is 0. The van der Waals surface area contributed by atoms with Crippen LogP contribution in [0, 0.1) is 0 Å². The second-order valence-electron chi connectivity index (χ2n) is 28.4. The summed E-state index contributed by atoms with van der Waals surface area (Å²) in [6, 6.07) is 75.4. The molecule has 6 aliphatic rings. The molecule has 6 saturated heterocycles. The van der Waals surface area contributed by atoms with Gasteiger partial charge in [0.2, 0.25) is 0 Å². The van der Waals surface area contributed by atoms with E-state index in [-0.39, 0.29) is 0 Å². The van der Waals surface area contributed by atoms with Crippen molar-refractivity contribution in [2.75, 3.05) is 0 Å².